The fourth-order valence-electron chi connectivity index (χ4n) is 4.58. The quantitative estimate of drug-likeness (QED) is 0.460. The van der Waals surface area contributed by atoms with Crippen molar-refractivity contribution in [1.29, 1.82) is 0 Å². The minimum Gasteiger partial charge on any atom is -0.550 e. The van der Waals surface area contributed by atoms with Crippen LogP contribution in [0.2, 0.25) is 0 Å². The lowest BCUT2D eigenvalue weighted by Gasteiger charge is -2.28. The molecule has 4 aliphatic rings. The first kappa shape index (κ1) is 9.28. The lowest BCUT2D eigenvalue weighted by molar-refractivity contribution is -0.314. The van der Waals surface area contributed by atoms with Crippen LogP contribution >= 0.6 is 11.6 Å². The smallest absolute Gasteiger partial charge is 0.310 e. The van der Waals surface area contributed by atoms with Crippen molar-refractivity contribution < 1.29 is 19.4 Å². The molecule has 5 heteroatoms. The number of hydrogen-bond acceptors (Lipinski definition) is 4. The summed E-state index contributed by atoms with van der Waals surface area (Å²) < 4.78 is 5.25. The highest BCUT2D eigenvalue weighted by Gasteiger charge is 2.80. The van der Waals surface area contributed by atoms with Gasteiger partial charge in [0.25, 0.3) is 0 Å². The second kappa shape index (κ2) is 2.40. The van der Waals surface area contributed by atoms with Crippen molar-refractivity contribution in [2.24, 2.45) is 29.1 Å². The standard InChI is InChI=1S/C11H11ClO4/c12-7-5-3(9(13)14)4-6(11(5)1-2-11)8(7)16-10(4)15/h3-8H,1-2H2,(H,13,14)/p-1. The summed E-state index contributed by atoms with van der Waals surface area (Å²) in [5, 5.41) is 10.9. The first-order valence-electron chi connectivity index (χ1n) is 5.63. The van der Waals surface area contributed by atoms with Gasteiger partial charge >= 0.3 is 5.97 Å². The van der Waals surface area contributed by atoms with Crippen LogP contribution in [-0.4, -0.2) is 23.4 Å². The van der Waals surface area contributed by atoms with Crippen molar-refractivity contribution in [2.45, 2.75) is 24.3 Å². The van der Waals surface area contributed by atoms with Gasteiger partial charge in [-0.05, 0) is 24.2 Å². The van der Waals surface area contributed by atoms with E-state index in [1.165, 1.54) is 0 Å². The zero-order chi connectivity index (χ0) is 11.2. The highest BCUT2D eigenvalue weighted by Crippen LogP contribution is 2.77. The lowest BCUT2D eigenvalue weighted by atomic mass is 9.80. The fraction of sp³-hybridized carbons (Fsp3) is 0.818. The van der Waals surface area contributed by atoms with E-state index in [4.69, 9.17) is 16.3 Å². The Bertz CT molecular complexity index is 416. The first-order chi connectivity index (χ1) is 7.58. The number of hydrogen-bond donors (Lipinski definition) is 0. The molecule has 16 heavy (non-hydrogen) atoms. The topological polar surface area (TPSA) is 66.4 Å². The average molecular weight is 242 g/mol. The van der Waals surface area contributed by atoms with E-state index in [0.717, 1.165) is 12.8 Å². The number of halogens is 1. The first-order valence-corrected chi connectivity index (χ1v) is 6.07. The van der Waals surface area contributed by atoms with Crippen LogP contribution in [0.1, 0.15) is 12.8 Å². The Morgan fingerprint density at radius 2 is 2.12 bits per heavy atom. The summed E-state index contributed by atoms with van der Waals surface area (Å²) in [5.74, 6) is -2.80. The third-order valence-electron chi connectivity index (χ3n) is 5.12. The number of alkyl halides is 1. The van der Waals surface area contributed by atoms with Crippen LogP contribution in [0.4, 0.5) is 0 Å². The number of esters is 1. The third kappa shape index (κ3) is 0.725. The van der Waals surface area contributed by atoms with E-state index in [9.17, 15) is 14.7 Å². The van der Waals surface area contributed by atoms with Crippen LogP contribution in [0.25, 0.3) is 0 Å². The number of aliphatic carboxylic acids is 1. The molecule has 2 bridgehead atoms. The number of ether oxygens (including phenoxy) is 1. The van der Waals surface area contributed by atoms with Gasteiger partial charge in [0.2, 0.25) is 0 Å². The number of carbonyl (C=O) groups excluding carboxylic acids is 2. The van der Waals surface area contributed by atoms with E-state index in [2.05, 4.69) is 0 Å². The van der Waals surface area contributed by atoms with Gasteiger partial charge in [-0.2, -0.15) is 0 Å². The summed E-state index contributed by atoms with van der Waals surface area (Å²) in [4.78, 5) is 22.9. The second-order valence-electron chi connectivity index (χ2n) is 5.50. The SMILES string of the molecule is O=C([O-])C1C2C(=O)OC3C(Cl)C1C1(CC1)C32. The van der Waals surface area contributed by atoms with Crippen molar-refractivity contribution in [3.05, 3.63) is 0 Å². The number of carboxylic acid groups (broad SMARTS) is 1. The summed E-state index contributed by atoms with van der Waals surface area (Å²) in [6.07, 6.45) is 1.72. The van der Waals surface area contributed by atoms with Gasteiger partial charge in [-0.25, -0.2) is 0 Å². The molecule has 0 aromatic heterocycles. The van der Waals surface area contributed by atoms with Crippen LogP contribution in [0.3, 0.4) is 0 Å². The maximum absolute atomic E-state index is 11.7. The molecule has 4 rings (SSSR count). The third-order valence-corrected chi connectivity index (χ3v) is 5.64. The molecule has 1 spiro atoms. The molecular formula is C11H10ClO4-. The molecule has 0 N–H and O–H groups in total. The fourth-order valence-corrected chi connectivity index (χ4v) is 5.20. The van der Waals surface area contributed by atoms with Crippen molar-refractivity contribution >= 4 is 23.5 Å². The Hall–Kier alpha value is -0.770. The van der Waals surface area contributed by atoms with E-state index in [0.29, 0.717) is 0 Å². The molecule has 3 aliphatic carbocycles. The average Bonchev–Trinajstić information content (AvgIpc) is 2.80. The molecule has 1 aliphatic heterocycles. The van der Waals surface area contributed by atoms with E-state index in [1.807, 2.05) is 0 Å². The lowest BCUT2D eigenvalue weighted by Crippen LogP contribution is -2.44. The van der Waals surface area contributed by atoms with Crippen LogP contribution in [0, 0.1) is 29.1 Å². The molecule has 0 amide bonds. The Morgan fingerprint density at radius 3 is 2.69 bits per heavy atom. The van der Waals surface area contributed by atoms with Crippen LogP contribution in [0.15, 0.2) is 0 Å². The Morgan fingerprint density at radius 1 is 1.44 bits per heavy atom. The minimum atomic E-state index is -1.13. The molecular weight excluding hydrogens is 232 g/mol. The predicted molar refractivity (Wildman–Crippen MR) is 50.2 cm³/mol. The zero-order valence-corrected chi connectivity index (χ0v) is 9.15. The Labute approximate surface area is 96.9 Å². The Balaban J connectivity index is 1.89. The van der Waals surface area contributed by atoms with E-state index in [1.54, 1.807) is 0 Å². The van der Waals surface area contributed by atoms with Crippen LogP contribution in [0.5, 0.6) is 0 Å². The Kier molecular flexibility index (Phi) is 1.39. The van der Waals surface area contributed by atoms with Gasteiger partial charge in [-0.15, -0.1) is 11.6 Å². The summed E-state index contributed by atoms with van der Waals surface area (Å²) >= 11 is 6.26. The van der Waals surface area contributed by atoms with Crippen molar-refractivity contribution in [1.82, 2.24) is 0 Å². The van der Waals surface area contributed by atoms with Gasteiger partial charge in [0.05, 0.1) is 11.3 Å². The maximum atomic E-state index is 11.7. The summed E-state index contributed by atoms with van der Waals surface area (Å²) in [7, 11) is 0. The van der Waals surface area contributed by atoms with Crippen LogP contribution < -0.4 is 5.11 Å². The number of carbonyl (C=O) groups is 2. The minimum absolute atomic E-state index is 0.0152. The molecule has 6 unspecified atom stereocenters. The van der Waals surface area contributed by atoms with Crippen molar-refractivity contribution in [3.8, 4) is 0 Å². The molecule has 0 radical (unpaired) electrons. The van der Waals surface area contributed by atoms with Crippen molar-refractivity contribution in [2.75, 3.05) is 0 Å². The van der Waals surface area contributed by atoms with E-state index >= 15 is 0 Å². The molecule has 1 heterocycles. The van der Waals surface area contributed by atoms with Crippen molar-refractivity contribution in [3.63, 3.8) is 0 Å². The van der Waals surface area contributed by atoms with Gasteiger partial charge in [-0.3, -0.25) is 4.79 Å². The van der Waals surface area contributed by atoms with Gasteiger partial charge in [0.1, 0.15) is 6.10 Å². The molecule has 4 fully saturated rings. The monoisotopic (exact) mass is 241 g/mol. The maximum Gasteiger partial charge on any atom is 0.310 e. The largest absolute Gasteiger partial charge is 0.550 e. The molecule has 4 nitrogen and oxygen atoms in total. The second-order valence-corrected chi connectivity index (χ2v) is 6.01. The molecule has 0 aromatic carbocycles. The molecule has 1 saturated heterocycles. The van der Waals surface area contributed by atoms with Crippen LogP contribution in [-0.2, 0) is 14.3 Å². The molecule has 0 aromatic rings. The van der Waals surface area contributed by atoms with Gasteiger partial charge in [0, 0.05) is 17.8 Å². The normalized spacial score (nSPS) is 54.4. The number of rotatable bonds is 1. The van der Waals surface area contributed by atoms with Gasteiger partial charge in [-0.1, -0.05) is 0 Å². The summed E-state index contributed by atoms with van der Waals surface area (Å²) in [6, 6.07) is 0. The highest BCUT2D eigenvalue weighted by atomic mass is 35.5. The highest BCUT2D eigenvalue weighted by molar-refractivity contribution is 6.22. The van der Waals surface area contributed by atoms with Gasteiger partial charge in [0.15, 0.2) is 0 Å². The predicted octanol–water partition coefficient (Wildman–Crippen LogP) is -0.459. The summed E-state index contributed by atoms with van der Waals surface area (Å²) in [5.41, 5.74) is -0.0152. The zero-order valence-electron chi connectivity index (χ0n) is 8.39. The number of carboxylic acids is 1. The molecule has 6 atom stereocenters. The van der Waals surface area contributed by atoms with E-state index < -0.39 is 17.8 Å². The van der Waals surface area contributed by atoms with Gasteiger partial charge < -0.3 is 14.6 Å². The van der Waals surface area contributed by atoms with E-state index in [-0.39, 0.29) is 34.7 Å². The molecule has 3 saturated carbocycles. The molecule has 86 valence electrons. The summed E-state index contributed by atoms with van der Waals surface area (Å²) in [6.45, 7) is 0.